The number of anilines is 1. The monoisotopic (exact) mass is 504 g/mol. The molecule has 0 saturated heterocycles. The summed E-state index contributed by atoms with van der Waals surface area (Å²) >= 11 is 0. The molecule has 1 saturated carbocycles. The van der Waals surface area contributed by atoms with Gasteiger partial charge in [-0.3, -0.25) is 19.3 Å². The van der Waals surface area contributed by atoms with Crippen LogP contribution in [0, 0.1) is 6.92 Å². The summed E-state index contributed by atoms with van der Waals surface area (Å²) < 4.78 is 47.5. The van der Waals surface area contributed by atoms with Crippen LogP contribution in [-0.4, -0.2) is 69.7 Å². The zero-order chi connectivity index (χ0) is 25.2. The van der Waals surface area contributed by atoms with Gasteiger partial charge in [-0.15, -0.1) is 10.2 Å². The van der Waals surface area contributed by atoms with E-state index in [2.05, 4.69) is 34.9 Å². The third-order valence-electron chi connectivity index (χ3n) is 6.02. The standard InChI is InChI=1S/C21H28N8O5S/c1-12-9-23-15(10-22-12)17(32-3)13(2)35(30,31)28-21-27-26-18(14-7-6-8-14)29(21)16-19(33-4)24-11-25-20(16)34-5/h9-11,13-14,17H,6-8H2,1-5H3,(H,27,28). The predicted octanol–water partition coefficient (Wildman–Crippen LogP) is 1.96. The molecule has 0 aromatic carbocycles. The second-order valence-electron chi connectivity index (χ2n) is 8.18. The Morgan fingerprint density at radius 2 is 1.71 bits per heavy atom. The number of nitrogens with zero attached hydrogens (tertiary/aromatic N) is 7. The molecule has 2 atom stereocenters. The van der Waals surface area contributed by atoms with Crippen LogP contribution in [-0.2, 0) is 14.8 Å². The molecule has 3 aromatic rings. The molecule has 14 heteroatoms. The van der Waals surface area contributed by atoms with Gasteiger partial charge in [-0.2, -0.15) is 9.97 Å². The van der Waals surface area contributed by atoms with Gasteiger partial charge in [-0.25, -0.2) is 8.42 Å². The van der Waals surface area contributed by atoms with E-state index in [-0.39, 0.29) is 23.6 Å². The summed E-state index contributed by atoms with van der Waals surface area (Å²) in [5.74, 6) is 1.02. The zero-order valence-electron chi connectivity index (χ0n) is 20.2. The second-order valence-corrected chi connectivity index (χ2v) is 10.2. The number of aromatic nitrogens is 7. The maximum Gasteiger partial charge on any atom is 0.245 e. The topological polar surface area (TPSA) is 156 Å². The molecule has 1 aliphatic rings. The van der Waals surface area contributed by atoms with E-state index < -0.39 is 21.4 Å². The van der Waals surface area contributed by atoms with Crippen LogP contribution in [0.25, 0.3) is 5.69 Å². The van der Waals surface area contributed by atoms with Crippen LogP contribution in [0.4, 0.5) is 5.95 Å². The molecular weight excluding hydrogens is 476 g/mol. The molecule has 0 radical (unpaired) electrons. The summed E-state index contributed by atoms with van der Waals surface area (Å²) in [7, 11) is 0.290. The molecule has 188 valence electrons. The lowest BCUT2D eigenvalue weighted by molar-refractivity contribution is 0.0985. The highest BCUT2D eigenvalue weighted by Crippen LogP contribution is 2.40. The zero-order valence-corrected chi connectivity index (χ0v) is 21.0. The van der Waals surface area contributed by atoms with Crippen molar-refractivity contribution < 1.29 is 22.6 Å². The molecule has 13 nitrogen and oxygen atoms in total. The summed E-state index contributed by atoms with van der Waals surface area (Å²) in [5, 5.41) is 7.43. The van der Waals surface area contributed by atoms with E-state index >= 15 is 0 Å². The van der Waals surface area contributed by atoms with Gasteiger partial charge in [0, 0.05) is 19.2 Å². The maximum absolute atomic E-state index is 13.5. The predicted molar refractivity (Wildman–Crippen MR) is 125 cm³/mol. The highest BCUT2D eigenvalue weighted by Gasteiger charge is 2.36. The Labute approximate surface area is 203 Å². The number of sulfonamides is 1. The lowest BCUT2D eigenvalue weighted by atomic mass is 9.85. The molecule has 0 aliphatic heterocycles. The average Bonchev–Trinajstić information content (AvgIpc) is 3.20. The number of rotatable bonds is 10. The molecule has 0 spiro atoms. The Bertz CT molecular complexity index is 1260. The van der Waals surface area contributed by atoms with Crippen LogP contribution in [0.2, 0.25) is 0 Å². The van der Waals surface area contributed by atoms with E-state index in [1.165, 1.54) is 40.8 Å². The highest BCUT2D eigenvalue weighted by atomic mass is 32.2. The number of aryl methyl sites for hydroxylation is 1. The van der Waals surface area contributed by atoms with Crippen molar-refractivity contribution in [2.45, 2.75) is 50.4 Å². The molecule has 3 aromatic heterocycles. The fourth-order valence-corrected chi connectivity index (χ4v) is 4.98. The first kappa shape index (κ1) is 24.7. The summed E-state index contributed by atoms with van der Waals surface area (Å²) in [6.07, 6.45) is 6.34. The van der Waals surface area contributed by atoms with Gasteiger partial charge in [0.25, 0.3) is 0 Å². The van der Waals surface area contributed by atoms with Crippen molar-refractivity contribution in [1.82, 2.24) is 34.7 Å². The molecule has 2 unspecified atom stereocenters. The van der Waals surface area contributed by atoms with E-state index in [1.54, 1.807) is 17.7 Å². The van der Waals surface area contributed by atoms with Crippen LogP contribution in [0.5, 0.6) is 11.8 Å². The molecule has 4 rings (SSSR count). The van der Waals surface area contributed by atoms with Crippen molar-refractivity contribution in [2.75, 3.05) is 26.1 Å². The lowest BCUT2D eigenvalue weighted by Crippen LogP contribution is -2.33. The van der Waals surface area contributed by atoms with E-state index in [0.717, 1.165) is 19.3 Å². The average molecular weight is 505 g/mol. The Kier molecular flexibility index (Phi) is 7.12. The molecular formula is C21H28N8O5S. The van der Waals surface area contributed by atoms with Gasteiger partial charge in [0.15, 0.2) is 5.69 Å². The molecule has 35 heavy (non-hydrogen) atoms. The van der Waals surface area contributed by atoms with E-state index in [9.17, 15) is 8.42 Å². The van der Waals surface area contributed by atoms with E-state index in [0.29, 0.717) is 22.9 Å². The van der Waals surface area contributed by atoms with E-state index in [1.807, 2.05) is 0 Å². The number of hydrogen-bond donors (Lipinski definition) is 1. The van der Waals surface area contributed by atoms with Crippen LogP contribution in [0.3, 0.4) is 0 Å². The van der Waals surface area contributed by atoms with Crippen molar-refractivity contribution in [3.8, 4) is 17.4 Å². The Balaban J connectivity index is 1.76. The smallest absolute Gasteiger partial charge is 0.245 e. The van der Waals surface area contributed by atoms with Crippen LogP contribution >= 0.6 is 0 Å². The summed E-state index contributed by atoms with van der Waals surface area (Å²) in [4.78, 5) is 16.8. The van der Waals surface area contributed by atoms with Crippen LogP contribution in [0.1, 0.15) is 55.4 Å². The van der Waals surface area contributed by atoms with Crippen molar-refractivity contribution in [3.05, 3.63) is 35.9 Å². The van der Waals surface area contributed by atoms with Gasteiger partial charge >= 0.3 is 0 Å². The Morgan fingerprint density at radius 3 is 2.23 bits per heavy atom. The fourth-order valence-electron chi connectivity index (χ4n) is 3.84. The van der Waals surface area contributed by atoms with Crippen molar-refractivity contribution in [3.63, 3.8) is 0 Å². The van der Waals surface area contributed by atoms with Crippen LogP contribution in [0.15, 0.2) is 18.7 Å². The summed E-state index contributed by atoms with van der Waals surface area (Å²) in [6, 6.07) is 0. The van der Waals surface area contributed by atoms with Crippen molar-refractivity contribution in [2.24, 2.45) is 0 Å². The first-order valence-corrected chi connectivity index (χ1v) is 12.6. The van der Waals surface area contributed by atoms with Crippen molar-refractivity contribution >= 4 is 16.0 Å². The maximum atomic E-state index is 13.5. The molecule has 1 aliphatic carbocycles. The third kappa shape index (κ3) is 4.75. The molecule has 1 fully saturated rings. The van der Waals surface area contributed by atoms with Gasteiger partial charge in [-0.05, 0) is 26.7 Å². The van der Waals surface area contributed by atoms with Gasteiger partial charge in [-0.1, -0.05) is 6.42 Å². The number of nitrogens with one attached hydrogen (secondary N) is 1. The number of methoxy groups -OCH3 is 3. The van der Waals surface area contributed by atoms with Gasteiger partial charge in [0.1, 0.15) is 23.5 Å². The highest BCUT2D eigenvalue weighted by molar-refractivity contribution is 7.93. The normalized spacial score (nSPS) is 15.8. The fraction of sp³-hybridized carbons (Fsp3) is 0.524. The largest absolute Gasteiger partial charge is 0.479 e. The first-order chi connectivity index (χ1) is 16.8. The minimum absolute atomic E-state index is 0.0324. The molecule has 3 heterocycles. The lowest BCUT2D eigenvalue weighted by Gasteiger charge is -2.26. The Morgan fingerprint density at radius 1 is 1.03 bits per heavy atom. The van der Waals surface area contributed by atoms with Gasteiger partial charge in [0.05, 0.1) is 31.8 Å². The van der Waals surface area contributed by atoms with Crippen LogP contribution < -0.4 is 14.2 Å². The second kappa shape index (κ2) is 10.1. The molecule has 1 N–H and O–H groups in total. The van der Waals surface area contributed by atoms with Crippen molar-refractivity contribution in [1.29, 1.82) is 0 Å². The van der Waals surface area contributed by atoms with Gasteiger partial charge in [0.2, 0.25) is 27.7 Å². The van der Waals surface area contributed by atoms with Gasteiger partial charge < -0.3 is 14.2 Å². The quantitative estimate of drug-likeness (QED) is 0.430. The summed E-state index contributed by atoms with van der Waals surface area (Å²) in [6.45, 7) is 3.32. The first-order valence-electron chi connectivity index (χ1n) is 11.0. The SMILES string of the molecule is COc1ncnc(OC)c1-n1c(NS(=O)(=O)C(C)C(OC)c2cnc(C)cn2)nnc1C1CCC1. The third-order valence-corrected chi connectivity index (χ3v) is 7.71. The summed E-state index contributed by atoms with van der Waals surface area (Å²) in [5.41, 5.74) is 1.41. The number of hydrogen-bond acceptors (Lipinski definition) is 11. The Hall–Kier alpha value is -3.39. The minimum atomic E-state index is -4.04. The van der Waals surface area contributed by atoms with E-state index in [4.69, 9.17) is 14.2 Å². The minimum Gasteiger partial charge on any atom is -0.479 e. The molecule has 0 bridgehead atoms. The molecule has 0 amide bonds. The number of ether oxygens (including phenoxy) is 3.